The zero-order valence-corrected chi connectivity index (χ0v) is 13.4. The highest BCUT2D eigenvalue weighted by Crippen LogP contribution is 2.29. The van der Waals surface area contributed by atoms with Gasteiger partial charge in [0, 0.05) is 11.1 Å². The molecule has 1 amide bonds. The molecule has 2 aromatic rings. The van der Waals surface area contributed by atoms with Gasteiger partial charge < -0.3 is 4.74 Å². The number of aryl methyl sites for hydroxylation is 2. The molecule has 1 aliphatic carbocycles. The van der Waals surface area contributed by atoms with E-state index in [1.165, 1.54) is 37.7 Å². The van der Waals surface area contributed by atoms with Crippen molar-refractivity contribution in [1.29, 1.82) is 0 Å². The number of hydrogen-bond acceptors (Lipinski definition) is 5. The number of ether oxygens (including phenoxy) is 1. The van der Waals surface area contributed by atoms with Crippen LogP contribution in [0.15, 0.2) is 18.3 Å². The number of anilines is 1. The molecule has 0 aromatic carbocycles. The Balaban J connectivity index is 1.78. The van der Waals surface area contributed by atoms with Crippen LogP contribution in [0, 0.1) is 0 Å². The zero-order valence-electron chi connectivity index (χ0n) is 12.6. The molecule has 0 aliphatic heterocycles. The van der Waals surface area contributed by atoms with Crippen LogP contribution in [0.2, 0.25) is 0 Å². The summed E-state index contributed by atoms with van der Waals surface area (Å²) >= 11 is 1.59. The number of thiazole rings is 1. The maximum Gasteiger partial charge on any atom is 0.262 e. The molecule has 0 atom stereocenters. The van der Waals surface area contributed by atoms with Crippen LogP contribution >= 0.6 is 11.3 Å². The van der Waals surface area contributed by atoms with Gasteiger partial charge in [0.15, 0.2) is 5.13 Å². The maximum absolute atomic E-state index is 12.4. The molecular formula is C16H19N3O2S. The summed E-state index contributed by atoms with van der Waals surface area (Å²) in [5.74, 6) is 0.0987. The first-order valence-corrected chi connectivity index (χ1v) is 8.38. The largest absolute Gasteiger partial charge is 0.480 e. The zero-order chi connectivity index (χ0) is 15.4. The van der Waals surface area contributed by atoms with E-state index in [-0.39, 0.29) is 5.91 Å². The number of hydrogen-bond donors (Lipinski definition) is 1. The van der Waals surface area contributed by atoms with Crippen LogP contribution in [-0.2, 0) is 12.8 Å². The van der Waals surface area contributed by atoms with Gasteiger partial charge in [-0.25, -0.2) is 9.97 Å². The van der Waals surface area contributed by atoms with E-state index in [0.29, 0.717) is 16.6 Å². The molecule has 0 spiro atoms. The Hall–Kier alpha value is -1.95. The van der Waals surface area contributed by atoms with Crippen molar-refractivity contribution in [1.82, 2.24) is 9.97 Å². The molecule has 0 bridgehead atoms. The topological polar surface area (TPSA) is 64.1 Å². The molecule has 0 saturated heterocycles. The van der Waals surface area contributed by atoms with E-state index in [9.17, 15) is 4.79 Å². The van der Waals surface area contributed by atoms with Crippen LogP contribution in [0.3, 0.4) is 0 Å². The number of pyridine rings is 1. The molecule has 0 radical (unpaired) electrons. The monoisotopic (exact) mass is 317 g/mol. The second-order valence-corrected chi connectivity index (χ2v) is 6.40. The number of carbonyl (C=O) groups is 1. The van der Waals surface area contributed by atoms with Gasteiger partial charge in [0.05, 0.1) is 12.8 Å². The van der Waals surface area contributed by atoms with Crippen molar-refractivity contribution in [2.45, 2.75) is 38.5 Å². The van der Waals surface area contributed by atoms with Gasteiger partial charge in [-0.1, -0.05) is 12.8 Å². The molecule has 116 valence electrons. The summed E-state index contributed by atoms with van der Waals surface area (Å²) in [6.07, 6.45) is 8.62. The van der Waals surface area contributed by atoms with Gasteiger partial charge in [0.1, 0.15) is 5.56 Å². The molecule has 6 heteroatoms. The van der Waals surface area contributed by atoms with Gasteiger partial charge in [-0.3, -0.25) is 10.1 Å². The lowest BCUT2D eigenvalue weighted by Gasteiger charge is -2.06. The van der Waals surface area contributed by atoms with Crippen molar-refractivity contribution in [2.24, 2.45) is 0 Å². The summed E-state index contributed by atoms with van der Waals surface area (Å²) in [5, 5.41) is 3.55. The van der Waals surface area contributed by atoms with E-state index in [4.69, 9.17) is 4.74 Å². The molecule has 1 N–H and O–H groups in total. The molecule has 0 unspecified atom stereocenters. The average Bonchev–Trinajstić information content (AvgIpc) is 2.88. The van der Waals surface area contributed by atoms with Crippen molar-refractivity contribution in [2.75, 3.05) is 12.4 Å². The minimum absolute atomic E-state index is 0.230. The van der Waals surface area contributed by atoms with Gasteiger partial charge in [-0.15, -0.1) is 11.3 Å². The summed E-state index contributed by atoms with van der Waals surface area (Å²) in [7, 11) is 1.51. The Bertz CT molecular complexity index is 644. The standard InChI is InChI=1S/C16H19N3O2S/c1-21-15-11(7-6-10-17-15)14(20)19-16-18-12-8-4-2-3-5-9-13(12)22-16/h6-7,10H,2-5,8-9H2,1H3,(H,18,19,20). The van der Waals surface area contributed by atoms with E-state index >= 15 is 0 Å². The van der Waals surface area contributed by atoms with E-state index in [1.54, 1.807) is 29.7 Å². The van der Waals surface area contributed by atoms with Gasteiger partial charge >= 0.3 is 0 Å². The number of nitrogens with one attached hydrogen (secondary N) is 1. The van der Waals surface area contributed by atoms with E-state index < -0.39 is 0 Å². The highest BCUT2D eigenvalue weighted by Gasteiger charge is 2.17. The lowest BCUT2D eigenvalue weighted by Crippen LogP contribution is -2.13. The summed E-state index contributed by atoms with van der Waals surface area (Å²) in [6.45, 7) is 0. The lowest BCUT2D eigenvalue weighted by molar-refractivity contribution is 0.102. The van der Waals surface area contributed by atoms with Crippen LogP contribution in [0.5, 0.6) is 5.88 Å². The summed E-state index contributed by atoms with van der Waals surface area (Å²) in [6, 6.07) is 3.42. The van der Waals surface area contributed by atoms with E-state index in [0.717, 1.165) is 18.5 Å². The van der Waals surface area contributed by atoms with Crippen LogP contribution in [0.1, 0.15) is 46.6 Å². The fraction of sp³-hybridized carbons (Fsp3) is 0.438. The number of carbonyl (C=O) groups excluding carboxylic acids is 1. The minimum atomic E-state index is -0.230. The highest BCUT2D eigenvalue weighted by atomic mass is 32.1. The van der Waals surface area contributed by atoms with Crippen LogP contribution in [0.25, 0.3) is 0 Å². The van der Waals surface area contributed by atoms with Crippen molar-refractivity contribution in [3.63, 3.8) is 0 Å². The van der Waals surface area contributed by atoms with Gasteiger partial charge in [-0.2, -0.15) is 0 Å². The van der Waals surface area contributed by atoms with E-state index in [2.05, 4.69) is 15.3 Å². The Labute approximate surface area is 133 Å². The second kappa shape index (κ2) is 6.87. The molecule has 3 rings (SSSR count). The number of fused-ring (bicyclic) bond motifs is 1. The number of methoxy groups -OCH3 is 1. The van der Waals surface area contributed by atoms with Gasteiger partial charge in [0.25, 0.3) is 5.91 Å². The smallest absolute Gasteiger partial charge is 0.262 e. The Morgan fingerprint density at radius 1 is 1.27 bits per heavy atom. The Morgan fingerprint density at radius 3 is 2.91 bits per heavy atom. The first kappa shape index (κ1) is 15.0. The molecule has 0 fully saturated rings. The van der Waals surface area contributed by atoms with Crippen molar-refractivity contribution >= 4 is 22.4 Å². The number of aromatic nitrogens is 2. The normalized spacial score (nSPS) is 14.6. The molecule has 2 aromatic heterocycles. The average molecular weight is 317 g/mol. The summed E-state index contributed by atoms with van der Waals surface area (Å²) < 4.78 is 5.13. The maximum atomic E-state index is 12.4. The quantitative estimate of drug-likeness (QED) is 0.941. The van der Waals surface area contributed by atoms with E-state index in [1.807, 2.05) is 0 Å². The van der Waals surface area contributed by atoms with Crippen LogP contribution < -0.4 is 10.1 Å². The second-order valence-electron chi connectivity index (χ2n) is 5.32. The molecule has 22 heavy (non-hydrogen) atoms. The summed E-state index contributed by atoms with van der Waals surface area (Å²) in [5.41, 5.74) is 1.57. The third-order valence-corrected chi connectivity index (χ3v) is 4.85. The minimum Gasteiger partial charge on any atom is -0.480 e. The molecule has 0 saturated carbocycles. The highest BCUT2D eigenvalue weighted by molar-refractivity contribution is 7.15. The third kappa shape index (κ3) is 3.27. The molecule has 5 nitrogen and oxygen atoms in total. The molecular weight excluding hydrogens is 298 g/mol. The van der Waals surface area contributed by atoms with Crippen LogP contribution in [0.4, 0.5) is 5.13 Å². The van der Waals surface area contributed by atoms with Crippen LogP contribution in [-0.4, -0.2) is 23.0 Å². The van der Waals surface area contributed by atoms with Gasteiger partial charge in [-0.05, 0) is 37.8 Å². The Morgan fingerprint density at radius 2 is 2.09 bits per heavy atom. The first-order chi connectivity index (χ1) is 10.8. The number of nitrogens with zero attached hydrogens (tertiary/aromatic N) is 2. The van der Waals surface area contributed by atoms with Gasteiger partial charge in [0.2, 0.25) is 5.88 Å². The summed E-state index contributed by atoms with van der Waals surface area (Å²) in [4.78, 5) is 22.3. The first-order valence-electron chi connectivity index (χ1n) is 7.57. The van der Waals surface area contributed by atoms with Crippen molar-refractivity contribution < 1.29 is 9.53 Å². The third-order valence-electron chi connectivity index (χ3n) is 3.78. The fourth-order valence-corrected chi connectivity index (χ4v) is 3.69. The Kier molecular flexibility index (Phi) is 4.68. The predicted molar refractivity (Wildman–Crippen MR) is 86.7 cm³/mol. The molecule has 1 aliphatic rings. The number of rotatable bonds is 3. The SMILES string of the molecule is COc1ncccc1C(=O)Nc1nc2c(s1)CCCCCC2. The van der Waals surface area contributed by atoms with Crippen molar-refractivity contribution in [3.8, 4) is 5.88 Å². The van der Waals surface area contributed by atoms with Crippen molar-refractivity contribution in [3.05, 3.63) is 34.5 Å². The number of amides is 1. The lowest BCUT2D eigenvalue weighted by atomic mass is 10.0. The molecule has 2 heterocycles. The predicted octanol–water partition coefficient (Wildman–Crippen LogP) is 3.46. The fourth-order valence-electron chi connectivity index (χ4n) is 2.65.